The van der Waals surface area contributed by atoms with Crippen LogP contribution in [0.2, 0.25) is 0 Å². The maximum Gasteiger partial charge on any atom is 0.225 e. The van der Waals surface area contributed by atoms with Gasteiger partial charge in [0.1, 0.15) is 0 Å². The normalized spacial score (nSPS) is 26.4. The topological polar surface area (TPSA) is 41.5 Å². The lowest BCUT2D eigenvalue weighted by Gasteiger charge is -2.38. The van der Waals surface area contributed by atoms with Gasteiger partial charge in [0.05, 0.1) is 12.2 Å². The van der Waals surface area contributed by atoms with Crippen molar-refractivity contribution in [2.75, 3.05) is 31.1 Å². The monoisotopic (exact) mass is 378 g/mol. The fraction of sp³-hybridized carbons (Fsp3) is 0.565. The van der Waals surface area contributed by atoms with E-state index in [0.717, 1.165) is 44.6 Å². The molecule has 1 saturated carbocycles. The Morgan fingerprint density at radius 1 is 0.929 bits per heavy atom. The second kappa shape index (κ2) is 8.18. The van der Waals surface area contributed by atoms with Crippen molar-refractivity contribution in [3.05, 3.63) is 53.9 Å². The third-order valence-electron chi connectivity index (χ3n) is 6.26. The van der Waals surface area contributed by atoms with Gasteiger partial charge >= 0.3 is 0 Å². The van der Waals surface area contributed by atoms with E-state index < -0.39 is 0 Å². The summed E-state index contributed by atoms with van der Waals surface area (Å²) in [6.45, 7) is 5.02. The van der Waals surface area contributed by atoms with Crippen LogP contribution in [0.3, 0.4) is 0 Å². The van der Waals surface area contributed by atoms with Crippen molar-refractivity contribution in [3.63, 3.8) is 0 Å². The number of piperidine rings is 1. The van der Waals surface area contributed by atoms with E-state index in [1.807, 2.05) is 12.4 Å². The van der Waals surface area contributed by atoms with Crippen LogP contribution in [0.1, 0.15) is 49.3 Å². The first-order valence-corrected chi connectivity index (χ1v) is 10.8. The van der Waals surface area contributed by atoms with Gasteiger partial charge in [-0.05, 0) is 43.6 Å². The number of anilines is 1. The number of rotatable bonds is 5. The van der Waals surface area contributed by atoms with E-state index in [4.69, 9.17) is 4.74 Å². The van der Waals surface area contributed by atoms with Crippen LogP contribution in [-0.2, 0) is 11.3 Å². The van der Waals surface area contributed by atoms with E-state index in [0.29, 0.717) is 6.10 Å². The van der Waals surface area contributed by atoms with Crippen molar-refractivity contribution < 1.29 is 4.74 Å². The Bertz CT molecular complexity index is 756. The van der Waals surface area contributed by atoms with Crippen molar-refractivity contribution in [2.45, 2.75) is 50.9 Å². The van der Waals surface area contributed by atoms with Crippen molar-refractivity contribution in [1.82, 2.24) is 14.9 Å². The molecule has 3 fully saturated rings. The first kappa shape index (κ1) is 18.1. The summed E-state index contributed by atoms with van der Waals surface area (Å²) in [5.74, 6) is 1.63. The molecule has 28 heavy (non-hydrogen) atoms. The molecule has 0 N–H and O–H groups in total. The second-order valence-electron chi connectivity index (χ2n) is 8.54. The number of hydrogen-bond acceptors (Lipinski definition) is 5. The van der Waals surface area contributed by atoms with Crippen molar-refractivity contribution in [3.8, 4) is 0 Å². The molecule has 2 aliphatic heterocycles. The number of ether oxygens (including phenoxy) is 1. The van der Waals surface area contributed by atoms with Gasteiger partial charge in [0.25, 0.3) is 0 Å². The lowest BCUT2D eigenvalue weighted by Crippen LogP contribution is -2.44. The summed E-state index contributed by atoms with van der Waals surface area (Å²) >= 11 is 0. The van der Waals surface area contributed by atoms with Gasteiger partial charge in [-0.25, -0.2) is 9.97 Å². The second-order valence-corrected chi connectivity index (χ2v) is 8.54. The Balaban J connectivity index is 1.26. The molecule has 0 bridgehead atoms. The molecule has 1 aromatic carbocycles. The summed E-state index contributed by atoms with van der Waals surface area (Å²) in [4.78, 5) is 14.2. The minimum atomic E-state index is 0.161. The highest BCUT2D eigenvalue weighted by molar-refractivity contribution is 5.30. The van der Waals surface area contributed by atoms with Gasteiger partial charge in [-0.15, -0.1) is 0 Å². The summed E-state index contributed by atoms with van der Waals surface area (Å²) in [6, 6.07) is 10.7. The molecule has 2 atom stereocenters. The molecule has 0 amide bonds. The number of nitrogens with zero attached hydrogens (tertiary/aromatic N) is 4. The molecule has 0 unspecified atom stereocenters. The zero-order valence-electron chi connectivity index (χ0n) is 16.5. The maximum absolute atomic E-state index is 6.48. The molecule has 0 radical (unpaired) electrons. The quantitative estimate of drug-likeness (QED) is 0.791. The number of aromatic nitrogens is 2. The molecule has 1 aromatic heterocycles. The number of hydrogen-bond donors (Lipinski definition) is 0. The van der Waals surface area contributed by atoms with Gasteiger partial charge in [0.2, 0.25) is 5.95 Å². The van der Waals surface area contributed by atoms with Crippen LogP contribution >= 0.6 is 0 Å². The van der Waals surface area contributed by atoms with Gasteiger partial charge in [0.15, 0.2) is 0 Å². The van der Waals surface area contributed by atoms with Crippen molar-refractivity contribution >= 4 is 5.95 Å². The van der Waals surface area contributed by atoms with Crippen molar-refractivity contribution in [2.24, 2.45) is 5.92 Å². The van der Waals surface area contributed by atoms with E-state index in [9.17, 15) is 0 Å². The highest BCUT2D eigenvalue weighted by atomic mass is 16.5. The number of benzene rings is 1. The Morgan fingerprint density at radius 3 is 2.39 bits per heavy atom. The Morgan fingerprint density at radius 2 is 1.68 bits per heavy atom. The summed E-state index contributed by atoms with van der Waals surface area (Å²) in [6.07, 6.45) is 11.0. The highest BCUT2D eigenvalue weighted by Gasteiger charge is 2.38. The minimum absolute atomic E-state index is 0.161. The Hall–Kier alpha value is -1.98. The van der Waals surface area contributed by atoms with Crippen LogP contribution in [0.25, 0.3) is 0 Å². The first-order chi connectivity index (χ1) is 13.8. The maximum atomic E-state index is 6.48. The molecule has 1 aliphatic carbocycles. The zero-order chi connectivity index (χ0) is 18.8. The van der Waals surface area contributed by atoms with Gasteiger partial charge in [-0.2, -0.15) is 0 Å². The molecule has 5 rings (SSSR count). The van der Waals surface area contributed by atoms with E-state index in [2.05, 4.69) is 50.1 Å². The average molecular weight is 379 g/mol. The minimum Gasteiger partial charge on any atom is -0.367 e. The van der Waals surface area contributed by atoms with Crippen LogP contribution in [0.15, 0.2) is 42.7 Å². The molecule has 2 saturated heterocycles. The standard InChI is InChI=1S/C23H30N4O/c1-3-7-19(8-4-1)21-16-26(17-22(28-21)20-9-10-20)15-18-13-24-23(25-14-18)27-11-5-2-6-12-27/h1,3-4,7-8,13-14,20-22H,2,5-6,9-12,15-17H2/t21-,22+/m0/s1. The van der Waals surface area contributed by atoms with E-state index >= 15 is 0 Å². The third kappa shape index (κ3) is 4.20. The number of morpholine rings is 1. The average Bonchev–Trinajstić information content (AvgIpc) is 3.61. The molecule has 5 heteroatoms. The van der Waals surface area contributed by atoms with Crippen molar-refractivity contribution in [1.29, 1.82) is 0 Å². The van der Waals surface area contributed by atoms with Gasteiger partial charge in [-0.1, -0.05) is 30.3 Å². The molecule has 3 heterocycles. The predicted molar refractivity (Wildman–Crippen MR) is 110 cm³/mol. The van der Waals surface area contributed by atoms with E-state index in [1.54, 1.807) is 0 Å². The van der Waals surface area contributed by atoms with Gasteiger partial charge in [0, 0.05) is 50.7 Å². The summed E-state index contributed by atoms with van der Waals surface area (Å²) in [5, 5.41) is 0. The van der Waals surface area contributed by atoms with Crippen LogP contribution in [0, 0.1) is 5.92 Å². The summed E-state index contributed by atoms with van der Waals surface area (Å²) in [5.41, 5.74) is 2.48. The van der Waals surface area contributed by atoms with Crippen LogP contribution in [0.4, 0.5) is 5.95 Å². The summed E-state index contributed by atoms with van der Waals surface area (Å²) in [7, 11) is 0. The predicted octanol–water partition coefficient (Wildman–Crippen LogP) is 3.82. The van der Waals surface area contributed by atoms with Crippen LogP contribution in [-0.4, -0.2) is 47.2 Å². The zero-order valence-corrected chi connectivity index (χ0v) is 16.5. The molecule has 148 valence electrons. The van der Waals surface area contributed by atoms with Crippen LogP contribution < -0.4 is 4.90 Å². The SMILES string of the molecule is c1ccc([C@@H]2CN(Cc3cnc(N4CCCCC4)nc3)C[C@H](C3CC3)O2)cc1. The largest absolute Gasteiger partial charge is 0.367 e. The molecular formula is C23H30N4O. The van der Waals surface area contributed by atoms with E-state index in [-0.39, 0.29) is 6.10 Å². The highest BCUT2D eigenvalue weighted by Crippen LogP contribution is 2.39. The third-order valence-corrected chi connectivity index (χ3v) is 6.26. The lowest BCUT2D eigenvalue weighted by molar-refractivity contribution is -0.0986. The van der Waals surface area contributed by atoms with Gasteiger partial charge < -0.3 is 9.64 Å². The van der Waals surface area contributed by atoms with Gasteiger partial charge in [-0.3, -0.25) is 4.90 Å². The Kier molecular flexibility index (Phi) is 5.28. The molecule has 3 aliphatic rings. The smallest absolute Gasteiger partial charge is 0.225 e. The first-order valence-electron chi connectivity index (χ1n) is 10.8. The molecule has 0 spiro atoms. The summed E-state index contributed by atoms with van der Waals surface area (Å²) < 4.78 is 6.48. The Labute approximate surface area is 167 Å². The molecule has 5 nitrogen and oxygen atoms in total. The lowest BCUT2D eigenvalue weighted by atomic mass is 10.0. The fourth-order valence-electron chi connectivity index (χ4n) is 4.51. The fourth-order valence-corrected chi connectivity index (χ4v) is 4.51. The van der Waals surface area contributed by atoms with Crippen LogP contribution in [0.5, 0.6) is 0 Å². The molecular weight excluding hydrogens is 348 g/mol. The molecule has 2 aromatic rings. The van der Waals surface area contributed by atoms with E-state index in [1.165, 1.54) is 43.2 Å².